The van der Waals surface area contributed by atoms with Gasteiger partial charge >= 0.3 is 0 Å². The van der Waals surface area contributed by atoms with Crippen LogP contribution in [0.15, 0.2) is 42.5 Å². The number of benzene rings is 2. The lowest BCUT2D eigenvalue weighted by atomic mass is 9.99. The summed E-state index contributed by atoms with van der Waals surface area (Å²) >= 11 is 5.88. The van der Waals surface area contributed by atoms with Gasteiger partial charge in [-0.2, -0.15) is 0 Å². The van der Waals surface area contributed by atoms with Crippen molar-refractivity contribution in [3.63, 3.8) is 0 Å². The number of phenolic OH excluding ortho intramolecular Hbond substituents is 1. The van der Waals surface area contributed by atoms with Crippen molar-refractivity contribution in [1.82, 2.24) is 5.32 Å². The van der Waals surface area contributed by atoms with Crippen LogP contribution < -0.4 is 5.32 Å². The summed E-state index contributed by atoms with van der Waals surface area (Å²) in [6.45, 7) is 0. The zero-order valence-corrected chi connectivity index (χ0v) is 12.9. The minimum Gasteiger partial charge on any atom is -0.506 e. The third-order valence-corrected chi connectivity index (χ3v) is 4.46. The average Bonchev–Trinajstić information content (AvgIpc) is 2.73. The van der Waals surface area contributed by atoms with Crippen LogP contribution in [0.4, 0.5) is 0 Å². The molecule has 0 fully saturated rings. The van der Waals surface area contributed by atoms with Gasteiger partial charge in [0.2, 0.25) is 0 Å². The van der Waals surface area contributed by atoms with Gasteiger partial charge in [-0.1, -0.05) is 48.4 Å². The number of carbonyl (C=O) groups excluding carboxylic acids is 1. The third-order valence-electron chi connectivity index (χ3n) is 4.16. The number of rotatable bonds is 2. The molecular formula is C18H18ClNO2. The quantitative estimate of drug-likeness (QED) is 0.814. The zero-order chi connectivity index (χ0) is 15.5. The van der Waals surface area contributed by atoms with Crippen LogP contribution in [0, 0.1) is 0 Å². The number of hydrogen-bond acceptors (Lipinski definition) is 2. The molecule has 4 heteroatoms. The second-order valence-corrected chi connectivity index (χ2v) is 6.01. The molecule has 0 aliphatic heterocycles. The molecule has 0 spiro atoms. The molecule has 1 atom stereocenters. The first-order valence-corrected chi connectivity index (χ1v) is 7.91. The van der Waals surface area contributed by atoms with E-state index < -0.39 is 0 Å². The fourth-order valence-electron chi connectivity index (χ4n) is 3.01. The first kappa shape index (κ1) is 14.9. The molecule has 3 rings (SSSR count). The van der Waals surface area contributed by atoms with Gasteiger partial charge in [0.15, 0.2) is 0 Å². The Bertz CT molecular complexity index is 699. The number of fused-ring (bicyclic) bond motifs is 1. The highest BCUT2D eigenvalue weighted by Gasteiger charge is 2.22. The molecule has 0 saturated carbocycles. The standard InChI is InChI=1S/C18H18ClNO2/c19-15-10-5-9-14(17(15)21)18(22)20-16-11-4-2-7-12-6-1-3-8-13(12)16/h1,3,5-6,8-10,16,21H,2,4,7,11H2,(H,20,22). The molecule has 0 radical (unpaired) electrons. The molecule has 0 bridgehead atoms. The first-order valence-electron chi connectivity index (χ1n) is 7.53. The van der Waals surface area contributed by atoms with E-state index >= 15 is 0 Å². The van der Waals surface area contributed by atoms with E-state index in [2.05, 4.69) is 17.4 Å². The van der Waals surface area contributed by atoms with E-state index in [0.717, 1.165) is 25.7 Å². The predicted octanol–water partition coefficient (Wildman–Crippen LogP) is 4.24. The van der Waals surface area contributed by atoms with Gasteiger partial charge in [0.1, 0.15) is 5.75 Å². The molecule has 1 amide bonds. The van der Waals surface area contributed by atoms with Gasteiger partial charge in [0.25, 0.3) is 5.91 Å². The predicted molar refractivity (Wildman–Crippen MR) is 87.3 cm³/mol. The van der Waals surface area contributed by atoms with Crippen molar-refractivity contribution in [3.8, 4) is 5.75 Å². The van der Waals surface area contributed by atoms with E-state index in [1.807, 2.05) is 12.1 Å². The summed E-state index contributed by atoms with van der Waals surface area (Å²) in [4.78, 5) is 12.5. The number of halogens is 1. The lowest BCUT2D eigenvalue weighted by molar-refractivity contribution is 0.0932. The number of nitrogens with one attached hydrogen (secondary N) is 1. The van der Waals surface area contributed by atoms with Crippen LogP contribution in [0.1, 0.15) is 46.8 Å². The summed E-state index contributed by atoms with van der Waals surface area (Å²) in [6, 6.07) is 13.0. The van der Waals surface area contributed by atoms with Crippen molar-refractivity contribution < 1.29 is 9.90 Å². The summed E-state index contributed by atoms with van der Waals surface area (Å²) in [6.07, 6.45) is 4.15. The Kier molecular flexibility index (Phi) is 4.34. The smallest absolute Gasteiger partial charge is 0.255 e. The lowest BCUT2D eigenvalue weighted by Gasteiger charge is -2.20. The average molecular weight is 316 g/mol. The Labute approximate surface area is 134 Å². The molecule has 0 saturated heterocycles. The molecule has 114 valence electrons. The minimum atomic E-state index is -0.290. The summed E-state index contributed by atoms with van der Waals surface area (Å²) < 4.78 is 0. The second kappa shape index (κ2) is 6.41. The van der Waals surface area contributed by atoms with Crippen LogP contribution in [-0.2, 0) is 6.42 Å². The molecule has 1 aliphatic rings. The van der Waals surface area contributed by atoms with Crippen LogP contribution in [0.5, 0.6) is 5.75 Å². The molecule has 1 unspecified atom stereocenters. The van der Waals surface area contributed by atoms with Crippen molar-refractivity contribution in [2.45, 2.75) is 31.7 Å². The molecule has 3 nitrogen and oxygen atoms in total. The summed E-state index contributed by atoms with van der Waals surface area (Å²) in [5.74, 6) is -0.453. The van der Waals surface area contributed by atoms with Crippen molar-refractivity contribution in [3.05, 3.63) is 64.2 Å². The fraction of sp³-hybridized carbons (Fsp3) is 0.278. The molecular weight excluding hydrogens is 298 g/mol. The highest BCUT2D eigenvalue weighted by molar-refractivity contribution is 6.32. The van der Waals surface area contributed by atoms with Crippen molar-refractivity contribution >= 4 is 17.5 Å². The van der Waals surface area contributed by atoms with Crippen LogP contribution >= 0.6 is 11.6 Å². The minimum absolute atomic E-state index is 0.0235. The number of phenols is 1. The Morgan fingerprint density at radius 3 is 2.82 bits per heavy atom. The number of para-hydroxylation sites is 1. The Hall–Kier alpha value is -2.00. The van der Waals surface area contributed by atoms with E-state index in [-0.39, 0.29) is 28.3 Å². The highest BCUT2D eigenvalue weighted by Crippen LogP contribution is 2.31. The van der Waals surface area contributed by atoms with E-state index in [9.17, 15) is 9.90 Å². The van der Waals surface area contributed by atoms with Crippen LogP contribution in [-0.4, -0.2) is 11.0 Å². The normalized spacial score (nSPS) is 17.4. The van der Waals surface area contributed by atoms with Gasteiger partial charge in [0, 0.05) is 0 Å². The summed E-state index contributed by atoms with van der Waals surface area (Å²) in [5, 5.41) is 13.2. The first-order chi connectivity index (χ1) is 10.7. The van der Waals surface area contributed by atoms with Crippen LogP contribution in [0.25, 0.3) is 0 Å². The molecule has 2 aromatic carbocycles. The van der Waals surface area contributed by atoms with Crippen molar-refractivity contribution in [2.24, 2.45) is 0 Å². The zero-order valence-electron chi connectivity index (χ0n) is 12.2. The topological polar surface area (TPSA) is 49.3 Å². The summed E-state index contributed by atoms with van der Waals surface area (Å²) in [5.41, 5.74) is 2.68. The van der Waals surface area contributed by atoms with Gasteiger partial charge in [-0.15, -0.1) is 0 Å². The van der Waals surface area contributed by atoms with Gasteiger partial charge in [-0.05, 0) is 42.5 Å². The Balaban J connectivity index is 1.86. The van der Waals surface area contributed by atoms with E-state index in [1.54, 1.807) is 18.2 Å². The highest BCUT2D eigenvalue weighted by atomic mass is 35.5. The van der Waals surface area contributed by atoms with Crippen LogP contribution in [0.2, 0.25) is 5.02 Å². The number of carbonyl (C=O) groups is 1. The van der Waals surface area contributed by atoms with Crippen molar-refractivity contribution in [2.75, 3.05) is 0 Å². The SMILES string of the molecule is O=C(NC1CCCCc2ccccc21)c1cccc(Cl)c1O. The van der Waals surface area contributed by atoms with Crippen LogP contribution in [0.3, 0.4) is 0 Å². The van der Waals surface area contributed by atoms with E-state index in [4.69, 9.17) is 11.6 Å². The molecule has 2 aromatic rings. The Morgan fingerprint density at radius 2 is 1.95 bits per heavy atom. The molecule has 0 aromatic heterocycles. The van der Waals surface area contributed by atoms with Gasteiger partial charge < -0.3 is 10.4 Å². The maximum absolute atomic E-state index is 12.5. The number of aromatic hydroxyl groups is 1. The van der Waals surface area contributed by atoms with Gasteiger partial charge in [0.05, 0.1) is 16.6 Å². The fourth-order valence-corrected chi connectivity index (χ4v) is 3.18. The number of amides is 1. The number of hydrogen-bond donors (Lipinski definition) is 2. The molecule has 22 heavy (non-hydrogen) atoms. The number of aryl methyl sites for hydroxylation is 1. The molecule has 0 heterocycles. The summed E-state index contributed by atoms with van der Waals surface area (Å²) in [7, 11) is 0. The lowest BCUT2D eigenvalue weighted by Crippen LogP contribution is -2.28. The van der Waals surface area contributed by atoms with Gasteiger partial charge in [-0.3, -0.25) is 4.79 Å². The molecule has 1 aliphatic carbocycles. The maximum atomic E-state index is 12.5. The van der Waals surface area contributed by atoms with E-state index in [0.29, 0.717) is 0 Å². The maximum Gasteiger partial charge on any atom is 0.255 e. The van der Waals surface area contributed by atoms with Gasteiger partial charge in [-0.25, -0.2) is 0 Å². The van der Waals surface area contributed by atoms with Crippen molar-refractivity contribution in [1.29, 1.82) is 0 Å². The largest absolute Gasteiger partial charge is 0.506 e. The monoisotopic (exact) mass is 315 g/mol. The van der Waals surface area contributed by atoms with E-state index in [1.165, 1.54) is 11.1 Å². The Morgan fingerprint density at radius 1 is 1.14 bits per heavy atom. The molecule has 2 N–H and O–H groups in total. The third kappa shape index (κ3) is 2.95. The second-order valence-electron chi connectivity index (χ2n) is 5.61.